The first-order valence-corrected chi connectivity index (χ1v) is 52.2. The number of thioether (sulfide) groups is 2. The largest absolute Gasteiger partial charge is 1.00 e. The van der Waals surface area contributed by atoms with Crippen LogP contribution in [0.15, 0.2) is 142 Å². The predicted molar refractivity (Wildman–Crippen MR) is 462 cm³/mol. The van der Waals surface area contributed by atoms with Gasteiger partial charge in [0.25, 0.3) is 4.34 Å². The van der Waals surface area contributed by atoms with E-state index in [0.717, 1.165) is 44.1 Å². The monoisotopic (exact) mass is 2160 g/mol. The molecule has 12 heterocycles. The third-order valence-electron chi connectivity index (χ3n) is 12.6. The first kappa shape index (κ1) is 129. The molecule has 54 heteroatoms. The van der Waals surface area contributed by atoms with Gasteiger partial charge in [-0.25, -0.2) is 42.2 Å². The Balaban J connectivity index is -0.000000303. The molecule has 0 saturated heterocycles. The average molecular weight is 2170 g/mol. The minimum absolute atomic E-state index is 0. The van der Waals surface area contributed by atoms with E-state index in [1.165, 1.54) is 55.9 Å². The van der Waals surface area contributed by atoms with Crippen molar-refractivity contribution in [3.8, 4) is 12.3 Å². The van der Waals surface area contributed by atoms with Crippen LogP contribution in [-0.4, -0.2) is 185 Å². The molecule has 0 aliphatic rings. The summed E-state index contributed by atoms with van der Waals surface area (Å²) in [5.41, 5.74) is -6.42. The van der Waals surface area contributed by atoms with Crippen molar-refractivity contribution >= 4 is 236 Å². The van der Waals surface area contributed by atoms with E-state index in [1.807, 2.05) is 162 Å². The zero-order valence-corrected chi connectivity index (χ0v) is 91.1. The molecule has 12 aromatic rings. The Hall–Kier alpha value is -3.03. The van der Waals surface area contributed by atoms with Crippen molar-refractivity contribution in [2.75, 3.05) is 45.2 Å². The van der Waals surface area contributed by atoms with Crippen molar-refractivity contribution in [2.24, 2.45) is 4.30 Å². The fourth-order valence-corrected chi connectivity index (χ4v) is 19.5. The Labute approximate surface area is 851 Å². The standard InChI is InChI=1S/C10H11NO2S.C9H8BrNO2S.C9H9NO2S.C8H7NO2S.C8H16NS2Si.C7H5NO2S.C5H11F3O3SSi.C5H6O2.C4H5NS2.CHF3O3S.CH4.BHNS.Cs.FH.2Na.2H2O/c1-3-13-10(12)8-7(2)6-11-4-5-14-9(8)11;1-2-13-9(12)7-6(10)5-11-3-4-14-8(7)11;1-2-12-9(11)7-3-4-10-5-6-13-8(7)10;1-5-4-9-2-3-12-7(9)6(5)8(10)11;1-10-8-9(5-6-11-8)7-12(2,3)4;9-7(10)5-1-2-8-3-4-11-6(5)8;1-13(2,3)4-11-12(9,10)5(6,7)8;1-3-5(6)7-4-2;1-6-4-5-2-3-7-4;2-1(3,4)8(5,6)7;;1-2-3;;;;;;/h4-6H,3H2,1-2H3;3-5H,2H2,1H3;3-6H,2H2,1H3;2-4H,1H3,(H,10,11);5-6H,7H2,1-4H3;1-4H,(H,9,10);4H2,1-3H3;1H,4H2,2H3;2-3H,1H3;(H,5,6,7);1H4;3H;;1H;;;2*1H2/q;;;;+1;;;;;;;;+1;;2*+1;;/p-4. The molecule has 0 spiro atoms. The molecule has 0 aliphatic carbocycles. The van der Waals surface area contributed by atoms with Gasteiger partial charge < -0.3 is 71.4 Å². The fraction of sp³-hybridized carbons (Fsp3) is 0.343. The zero-order chi connectivity index (χ0) is 86.7. The summed E-state index contributed by atoms with van der Waals surface area (Å²) in [7, 11) is -10.1. The van der Waals surface area contributed by atoms with Gasteiger partial charge in [-0.3, -0.25) is 4.18 Å². The van der Waals surface area contributed by atoms with E-state index < -0.39 is 65.3 Å². The SMILES string of the molecule is C.C#CC(=O)OCC.CCOC(=O)c1c(Br)cn2ccsc12.CCOC(=O)c1c(C)cn2ccsc12.CCOC(=O)c1ccn2ccsc12.CSc1nccs1.CSc1scc[n+]1C[Si](C)(C)C.C[Si](C)(C)COS(=O)(=O)C(F)(F)F.Cc1cn2ccsc2c1C(=O)O.O=C(O)c1ccn2ccsc12.O=S(=O)([O-])C(F)(F)F.[B]=NS.[Cs+].[F-].[Na+].[Na+].[OH-].[OH-]. The van der Waals surface area contributed by atoms with Gasteiger partial charge in [-0.05, 0) is 105 Å². The number of carboxylic acid groups (broad SMARTS) is 2. The zero-order valence-electron chi connectivity index (χ0n) is 67.4. The molecular weight excluding hydrogens is 2080 g/mol. The molecule has 28 nitrogen and oxygen atoms in total. The second kappa shape index (κ2) is 63.0. The predicted octanol–water partition coefficient (Wildman–Crippen LogP) is 6.26. The summed E-state index contributed by atoms with van der Waals surface area (Å²) in [4.78, 5) is 74.3. The van der Waals surface area contributed by atoms with E-state index in [2.05, 4.69) is 103 Å². The number of carbonyl (C=O) groups is 6. The number of aromatic nitrogens is 7. The average Bonchev–Trinajstić information content (AvgIpc) is 1.66. The van der Waals surface area contributed by atoms with Gasteiger partial charge in [0.15, 0.2) is 16.3 Å². The quantitative estimate of drug-likeness (QED) is 0.00781. The molecule has 0 aromatic carbocycles. The van der Waals surface area contributed by atoms with E-state index in [9.17, 15) is 63.5 Å². The van der Waals surface area contributed by atoms with Crippen molar-refractivity contribution in [2.45, 2.75) is 114 Å². The maximum atomic E-state index is 11.7. The normalized spacial score (nSPS) is 10.4. The number of carbonyl (C=O) groups excluding carboxylic acids is 4. The van der Waals surface area contributed by atoms with Crippen molar-refractivity contribution < 1.29 is 258 Å². The molecule has 0 aliphatic heterocycles. The first-order chi connectivity index (χ1) is 53.2. The molecule has 0 fully saturated rings. The number of rotatable bonds is 16. The van der Waals surface area contributed by atoms with Gasteiger partial charge in [-0.15, -0.1) is 74.4 Å². The van der Waals surface area contributed by atoms with Crippen LogP contribution in [0.3, 0.4) is 0 Å². The molecular formula is C67H85BBrCsF7N8Na2O20S12Si2. The summed E-state index contributed by atoms with van der Waals surface area (Å²) in [5, 5.41) is 31.3. The number of thiazole rings is 7. The molecule has 0 bridgehead atoms. The Kier molecular flexibility index (Phi) is 67.1. The summed E-state index contributed by atoms with van der Waals surface area (Å²) in [6.07, 6.45) is 32.4. The summed E-state index contributed by atoms with van der Waals surface area (Å²) < 4.78 is 156. The summed E-state index contributed by atoms with van der Waals surface area (Å²) in [5.74, 6) is -1.25. The van der Waals surface area contributed by atoms with Crippen LogP contribution >= 0.6 is 132 Å². The summed E-state index contributed by atoms with van der Waals surface area (Å²) in [6, 6.07) is 3.39. The Morgan fingerprint density at radius 2 is 1.00 bits per heavy atom. The maximum Gasteiger partial charge on any atom is 1.00 e. The third-order valence-corrected chi connectivity index (χ3v) is 25.6. The molecule has 655 valence electrons. The number of hydrogen-bond acceptors (Lipinski definition) is 30. The van der Waals surface area contributed by atoms with Crippen LogP contribution in [0.1, 0.15) is 98.0 Å². The fourth-order valence-electron chi connectivity index (χ4n) is 8.09. The summed E-state index contributed by atoms with van der Waals surface area (Å²) in [6.45, 7) is 24.8. The number of hydrogen-bond donors (Lipinski definition) is 3. The van der Waals surface area contributed by atoms with Crippen LogP contribution in [0.5, 0.6) is 0 Å². The van der Waals surface area contributed by atoms with Gasteiger partial charge in [-0.2, -0.15) is 39.3 Å². The molecule has 0 amide bonds. The van der Waals surface area contributed by atoms with Crippen molar-refractivity contribution in [3.05, 3.63) is 168 Å². The van der Waals surface area contributed by atoms with Crippen LogP contribution in [0.2, 0.25) is 39.3 Å². The van der Waals surface area contributed by atoms with Crippen LogP contribution in [-0.2, 0) is 54.3 Å². The molecule has 12 aromatic heterocycles. The van der Waals surface area contributed by atoms with E-state index in [-0.39, 0.29) is 175 Å². The molecule has 1 radical (unpaired) electrons. The number of carboxylic acids is 2. The number of terminal acetylenes is 1. The minimum Gasteiger partial charge on any atom is -1.00 e. The van der Waals surface area contributed by atoms with Crippen molar-refractivity contribution in [1.82, 2.24) is 27.0 Å². The number of esters is 4. The van der Waals surface area contributed by atoms with Crippen LogP contribution in [0.25, 0.3) is 24.2 Å². The van der Waals surface area contributed by atoms with Gasteiger partial charge >= 0.3 is 210 Å². The molecule has 0 saturated carbocycles. The third kappa shape index (κ3) is 44.7. The number of aryl methyl sites for hydroxylation is 2. The smallest absolute Gasteiger partial charge is 1.00 e. The number of fused-ring (bicyclic) bond motifs is 5. The van der Waals surface area contributed by atoms with E-state index in [4.69, 9.17) is 37.4 Å². The van der Waals surface area contributed by atoms with Crippen LogP contribution in [0, 0.1) is 26.2 Å². The van der Waals surface area contributed by atoms with Gasteiger partial charge in [0.05, 0.1) is 72.8 Å². The van der Waals surface area contributed by atoms with Gasteiger partial charge in [0, 0.05) is 106 Å². The minimum atomic E-state index is -6.09. The Morgan fingerprint density at radius 3 is 1.36 bits per heavy atom. The van der Waals surface area contributed by atoms with Crippen LogP contribution in [0.4, 0.5) is 26.3 Å². The van der Waals surface area contributed by atoms with Crippen LogP contribution < -0.4 is 137 Å². The number of alkyl halides is 6. The molecule has 0 atom stereocenters. The molecule has 121 heavy (non-hydrogen) atoms. The first-order valence-electron chi connectivity index (χ1n) is 32.2. The Morgan fingerprint density at radius 1 is 0.612 bits per heavy atom. The van der Waals surface area contributed by atoms with Crippen molar-refractivity contribution in [3.63, 3.8) is 0 Å². The molecule has 0 unspecified atom stereocenters. The van der Waals surface area contributed by atoms with Crippen molar-refractivity contribution in [1.29, 1.82) is 0 Å². The second-order valence-corrected chi connectivity index (χ2v) is 47.0. The number of aromatic carboxylic acids is 2. The molecule has 4 N–H and O–H groups in total. The van der Waals surface area contributed by atoms with E-state index in [1.54, 1.807) is 103 Å². The number of ether oxygens (including phenoxy) is 4. The number of nitrogens with zero attached hydrogens (tertiary/aromatic N) is 8. The Bertz CT molecular complexity index is 5240. The second-order valence-electron chi connectivity index (χ2n) is 23.7. The van der Waals surface area contributed by atoms with Gasteiger partial charge in [0.1, 0.15) is 48.3 Å². The molecule has 12 rings (SSSR count). The maximum absolute atomic E-state index is 11.7. The topological polar surface area (TPSA) is 392 Å². The summed E-state index contributed by atoms with van der Waals surface area (Å²) >= 11 is 21.1. The van der Waals surface area contributed by atoms with Gasteiger partial charge in [0.2, 0.25) is 0 Å². The number of thiol groups is 1. The van der Waals surface area contributed by atoms with Gasteiger partial charge in [-0.1, -0.05) is 69.8 Å². The van der Waals surface area contributed by atoms with E-state index in [0.29, 0.717) is 54.2 Å². The number of halogens is 8. The van der Waals surface area contributed by atoms with E-state index >= 15 is 0 Å².